The summed E-state index contributed by atoms with van der Waals surface area (Å²) in [5.74, 6) is 0. The molecule has 2 nitrogen and oxygen atoms in total. The largest absolute Gasteiger partial charge is 0.306 e. The van der Waals surface area contributed by atoms with E-state index in [1.165, 1.54) is 31.5 Å². The number of rotatable bonds is 3. The molecule has 1 heterocycles. The van der Waals surface area contributed by atoms with Crippen LogP contribution in [0.2, 0.25) is 5.02 Å². The number of nitrogens with zero attached hydrogens (tertiary/aromatic N) is 2. The zero-order valence-corrected chi connectivity index (χ0v) is 11.5. The molecule has 0 N–H and O–H groups in total. The fraction of sp³-hybridized carbons (Fsp3) is 0.571. The predicted octanol–water partition coefficient (Wildman–Crippen LogP) is 2.87. The maximum Gasteiger partial charge on any atom is 0.0409 e. The summed E-state index contributed by atoms with van der Waals surface area (Å²) >= 11 is 6.01. The van der Waals surface area contributed by atoms with Crippen molar-refractivity contribution < 1.29 is 0 Å². The zero-order valence-electron chi connectivity index (χ0n) is 10.7. The lowest BCUT2D eigenvalue weighted by Gasteiger charge is -2.35. The van der Waals surface area contributed by atoms with Gasteiger partial charge < -0.3 is 4.90 Å². The molecule has 1 aromatic rings. The molecule has 0 saturated carbocycles. The molecule has 1 fully saturated rings. The zero-order chi connectivity index (χ0) is 12.3. The van der Waals surface area contributed by atoms with Crippen LogP contribution in [-0.4, -0.2) is 43.0 Å². The van der Waals surface area contributed by atoms with Crippen molar-refractivity contribution in [2.24, 2.45) is 0 Å². The molecule has 1 aliphatic rings. The Balaban J connectivity index is 1.90. The molecule has 1 aromatic carbocycles. The van der Waals surface area contributed by atoms with Gasteiger partial charge in [-0.15, -0.1) is 0 Å². The Labute approximate surface area is 109 Å². The van der Waals surface area contributed by atoms with E-state index >= 15 is 0 Å². The fourth-order valence-electron chi connectivity index (χ4n) is 2.49. The Hall–Kier alpha value is -0.570. The van der Waals surface area contributed by atoms with Crippen molar-refractivity contribution in [1.82, 2.24) is 9.80 Å². The second-order valence-corrected chi connectivity index (χ2v) is 5.52. The van der Waals surface area contributed by atoms with E-state index in [4.69, 9.17) is 11.6 Å². The van der Waals surface area contributed by atoms with E-state index in [0.717, 1.165) is 11.6 Å². The number of benzene rings is 1. The first-order valence-electron chi connectivity index (χ1n) is 6.28. The van der Waals surface area contributed by atoms with Crippen molar-refractivity contribution in [2.45, 2.75) is 25.4 Å². The van der Waals surface area contributed by atoms with E-state index < -0.39 is 0 Å². The van der Waals surface area contributed by atoms with Crippen LogP contribution in [0.15, 0.2) is 24.3 Å². The van der Waals surface area contributed by atoms with Gasteiger partial charge in [0.2, 0.25) is 0 Å². The van der Waals surface area contributed by atoms with Gasteiger partial charge in [0.25, 0.3) is 0 Å². The lowest BCUT2D eigenvalue weighted by atomic mass is 10.0. The summed E-state index contributed by atoms with van der Waals surface area (Å²) < 4.78 is 0. The summed E-state index contributed by atoms with van der Waals surface area (Å²) in [6, 6.07) is 8.88. The number of likely N-dealkylation sites (tertiary alicyclic amines) is 1. The first-order chi connectivity index (χ1) is 8.15. The van der Waals surface area contributed by atoms with Gasteiger partial charge >= 0.3 is 0 Å². The van der Waals surface area contributed by atoms with Gasteiger partial charge in [0.1, 0.15) is 0 Å². The molecule has 0 aliphatic carbocycles. The summed E-state index contributed by atoms with van der Waals surface area (Å²) in [4.78, 5) is 4.86. The molecule has 0 spiro atoms. The smallest absolute Gasteiger partial charge is 0.0409 e. The van der Waals surface area contributed by atoms with Gasteiger partial charge in [0.05, 0.1) is 0 Å². The molecular weight excluding hydrogens is 232 g/mol. The van der Waals surface area contributed by atoms with Gasteiger partial charge in [-0.05, 0) is 57.7 Å². The summed E-state index contributed by atoms with van der Waals surface area (Å²) in [7, 11) is 4.42. The molecule has 1 aliphatic heterocycles. The summed E-state index contributed by atoms with van der Waals surface area (Å²) in [5.41, 5.74) is 1.30. The highest BCUT2D eigenvalue weighted by molar-refractivity contribution is 6.30. The summed E-state index contributed by atoms with van der Waals surface area (Å²) in [6.45, 7) is 3.42. The van der Waals surface area contributed by atoms with E-state index in [1.807, 2.05) is 12.1 Å². The first-order valence-corrected chi connectivity index (χ1v) is 6.66. The normalized spacial score (nSPS) is 18.8. The Bertz CT molecular complexity index is 359. The minimum atomic E-state index is 0.713. The van der Waals surface area contributed by atoms with E-state index in [0.29, 0.717) is 6.04 Å². The molecule has 0 aromatic heterocycles. The highest BCUT2D eigenvalue weighted by Crippen LogP contribution is 2.18. The highest BCUT2D eigenvalue weighted by atomic mass is 35.5. The van der Waals surface area contributed by atoms with Crippen LogP contribution in [0.1, 0.15) is 18.4 Å². The SMILES string of the molecule is CN1CCC(N(C)Cc2cccc(Cl)c2)CC1. The second kappa shape index (κ2) is 5.85. The summed E-state index contributed by atoms with van der Waals surface area (Å²) in [5, 5.41) is 0.833. The maximum atomic E-state index is 6.01. The van der Waals surface area contributed by atoms with Gasteiger partial charge in [-0.2, -0.15) is 0 Å². The Morgan fingerprint density at radius 3 is 2.71 bits per heavy atom. The van der Waals surface area contributed by atoms with Crippen LogP contribution in [0.5, 0.6) is 0 Å². The lowest BCUT2D eigenvalue weighted by molar-refractivity contribution is 0.139. The van der Waals surface area contributed by atoms with Crippen LogP contribution in [0.3, 0.4) is 0 Å². The molecule has 0 amide bonds. The first kappa shape index (κ1) is 12.9. The van der Waals surface area contributed by atoms with E-state index in [1.54, 1.807) is 0 Å². The number of piperidine rings is 1. The van der Waals surface area contributed by atoms with Crippen LogP contribution in [0.4, 0.5) is 0 Å². The topological polar surface area (TPSA) is 6.48 Å². The second-order valence-electron chi connectivity index (χ2n) is 5.08. The molecule has 3 heteroatoms. The standard InChI is InChI=1S/C14H21ClN2/c1-16-8-6-14(7-9-16)17(2)11-12-4-3-5-13(15)10-12/h3-5,10,14H,6-9,11H2,1-2H3. The van der Waals surface area contributed by atoms with Crippen molar-refractivity contribution in [2.75, 3.05) is 27.2 Å². The van der Waals surface area contributed by atoms with Crippen LogP contribution in [-0.2, 0) is 6.54 Å². The van der Waals surface area contributed by atoms with Gasteiger partial charge in [0, 0.05) is 17.6 Å². The molecule has 0 radical (unpaired) electrons. The number of halogens is 1. The quantitative estimate of drug-likeness (QED) is 0.816. The minimum absolute atomic E-state index is 0.713. The van der Waals surface area contributed by atoms with Crippen LogP contribution in [0.25, 0.3) is 0 Å². The fourth-order valence-corrected chi connectivity index (χ4v) is 2.70. The van der Waals surface area contributed by atoms with Crippen LogP contribution in [0, 0.1) is 0 Å². The van der Waals surface area contributed by atoms with Gasteiger partial charge in [0.15, 0.2) is 0 Å². The third-order valence-electron chi connectivity index (χ3n) is 3.63. The van der Waals surface area contributed by atoms with Gasteiger partial charge in [-0.3, -0.25) is 4.90 Å². The lowest BCUT2D eigenvalue weighted by Crippen LogP contribution is -2.41. The summed E-state index contributed by atoms with van der Waals surface area (Å²) in [6.07, 6.45) is 2.54. The van der Waals surface area contributed by atoms with Gasteiger partial charge in [-0.25, -0.2) is 0 Å². The van der Waals surface area contributed by atoms with Crippen molar-refractivity contribution in [3.05, 3.63) is 34.9 Å². The average Bonchev–Trinajstić information content (AvgIpc) is 2.29. The van der Waals surface area contributed by atoms with Crippen molar-refractivity contribution in [3.8, 4) is 0 Å². The van der Waals surface area contributed by atoms with Gasteiger partial charge in [-0.1, -0.05) is 23.7 Å². The predicted molar refractivity (Wildman–Crippen MR) is 73.4 cm³/mol. The molecule has 0 bridgehead atoms. The molecule has 0 atom stereocenters. The van der Waals surface area contributed by atoms with Crippen molar-refractivity contribution >= 4 is 11.6 Å². The van der Waals surface area contributed by atoms with Crippen molar-refractivity contribution in [1.29, 1.82) is 0 Å². The molecule has 94 valence electrons. The van der Waals surface area contributed by atoms with Crippen LogP contribution < -0.4 is 0 Å². The molecule has 0 unspecified atom stereocenters. The minimum Gasteiger partial charge on any atom is -0.306 e. The number of hydrogen-bond acceptors (Lipinski definition) is 2. The average molecular weight is 253 g/mol. The third-order valence-corrected chi connectivity index (χ3v) is 3.87. The number of hydrogen-bond donors (Lipinski definition) is 0. The third kappa shape index (κ3) is 3.70. The Morgan fingerprint density at radius 2 is 2.06 bits per heavy atom. The van der Waals surface area contributed by atoms with E-state index in [-0.39, 0.29) is 0 Å². The Morgan fingerprint density at radius 1 is 1.35 bits per heavy atom. The van der Waals surface area contributed by atoms with E-state index in [2.05, 4.69) is 36.0 Å². The van der Waals surface area contributed by atoms with Crippen LogP contribution >= 0.6 is 11.6 Å². The van der Waals surface area contributed by atoms with E-state index in [9.17, 15) is 0 Å². The van der Waals surface area contributed by atoms with Crippen molar-refractivity contribution in [3.63, 3.8) is 0 Å². The molecular formula is C14H21ClN2. The maximum absolute atomic E-state index is 6.01. The molecule has 2 rings (SSSR count). The molecule has 17 heavy (non-hydrogen) atoms. The monoisotopic (exact) mass is 252 g/mol. The Kier molecular flexibility index (Phi) is 4.43. The highest BCUT2D eigenvalue weighted by Gasteiger charge is 2.20. The molecule has 1 saturated heterocycles.